The molecule has 3 nitrogen and oxygen atoms in total. The SMILES string of the molecule is COc1ccc(C(N)C2CC3CCC2O3)cc1. The molecule has 0 radical (unpaired) electrons. The van der Waals surface area contributed by atoms with Crippen LogP contribution in [0.2, 0.25) is 0 Å². The first-order chi connectivity index (χ1) is 8.28. The van der Waals surface area contributed by atoms with Crippen molar-refractivity contribution in [1.82, 2.24) is 0 Å². The molecule has 3 heteroatoms. The van der Waals surface area contributed by atoms with E-state index in [1.54, 1.807) is 7.11 Å². The minimum absolute atomic E-state index is 0.0937. The van der Waals surface area contributed by atoms with Crippen LogP contribution in [0.5, 0.6) is 5.75 Å². The number of fused-ring (bicyclic) bond motifs is 2. The molecule has 4 atom stereocenters. The lowest BCUT2D eigenvalue weighted by molar-refractivity contribution is 0.0885. The summed E-state index contributed by atoms with van der Waals surface area (Å²) in [6, 6.07) is 8.17. The lowest BCUT2D eigenvalue weighted by Crippen LogP contribution is -2.29. The van der Waals surface area contributed by atoms with E-state index in [0.717, 1.165) is 12.2 Å². The fraction of sp³-hybridized carbons (Fsp3) is 0.571. The van der Waals surface area contributed by atoms with Gasteiger partial charge in [-0.05, 0) is 37.0 Å². The van der Waals surface area contributed by atoms with Gasteiger partial charge in [0.05, 0.1) is 19.3 Å². The molecule has 0 saturated carbocycles. The molecule has 2 fully saturated rings. The molecule has 2 heterocycles. The van der Waals surface area contributed by atoms with Gasteiger partial charge >= 0.3 is 0 Å². The highest BCUT2D eigenvalue weighted by molar-refractivity contribution is 5.29. The molecule has 92 valence electrons. The first-order valence-electron chi connectivity index (χ1n) is 6.33. The van der Waals surface area contributed by atoms with E-state index in [1.165, 1.54) is 18.4 Å². The van der Waals surface area contributed by atoms with E-state index >= 15 is 0 Å². The maximum atomic E-state index is 6.36. The summed E-state index contributed by atoms with van der Waals surface area (Å²) in [5.41, 5.74) is 7.54. The van der Waals surface area contributed by atoms with Gasteiger partial charge in [-0.25, -0.2) is 0 Å². The maximum Gasteiger partial charge on any atom is 0.118 e. The van der Waals surface area contributed by atoms with Crippen molar-refractivity contribution in [2.45, 2.75) is 37.5 Å². The molecule has 4 unspecified atom stereocenters. The second-order valence-corrected chi connectivity index (χ2v) is 5.07. The lowest BCUT2D eigenvalue weighted by Gasteiger charge is -2.25. The van der Waals surface area contributed by atoms with Gasteiger partial charge in [-0.2, -0.15) is 0 Å². The van der Waals surface area contributed by atoms with E-state index in [1.807, 2.05) is 12.1 Å². The Hall–Kier alpha value is -1.06. The number of methoxy groups -OCH3 is 1. The average Bonchev–Trinajstić information content (AvgIpc) is 3.00. The van der Waals surface area contributed by atoms with E-state index < -0.39 is 0 Å². The Balaban J connectivity index is 1.74. The van der Waals surface area contributed by atoms with Crippen LogP contribution in [0.3, 0.4) is 0 Å². The Kier molecular flexibility index (Phi) is 2.81. The van der Waals surface area contributed by atoms with Gasteiger partial charge in [-0.15, -0.1) is 0 Å². The molecule has 0 aromatic heterocycles. The molecule has 2 aliphatic rings. The van der Waals surface area contributed by atoms with E-state index in [4.69, 9.17) is 15.2 Å². The van der Waals surface area contributed by atoms with Crippen molar-refractivity contribution >= 4 is 0 Å². The quantitative estimate of drug-likeness (QED) is 0.871. The predicted octanol–water partition coefficient (Wildman–Crippen LogP) is 2.26. The highest BCUT2D eigenvalue weighted by atomic mass is 16.5. The minimum atomic E-state index is 0.0937. The average molecular weight is 233 g/mol. The topological polar surface area (TPSA) is 44.5 Å². The van der Waals surface area contributed by atoms with E-state index in [9.17, 15) is 0 Å². The van der Waals surface area contributed by atoms with Crippen molar-refractivity contribution in [3.63, 3.8) is 0 Å². The Bertz CT molecular complexity index is 390. The molecule has 2 saturated heterocycles. The van der Waals surface area contributed by atoms with Crippen LogP contribution in [-0.2, 0) is 4.74 Å². The molecule has 2 bridgehead atoms. The largest absolute Gasteiger partial charge is 0.497 e. The zero-order valence-corrected chi connectivity index (χ0v) is 10.1. The fourth-order valence-electron chi connectivity index (χ4n) is 3.13. The summed E-state index contributed by atoms with van der Waals surface area (Å²) in [4.78, 5) is 0. The third kappa shape index (κ3) is 1.94. The smallest absolute Gasteiger partial charge is 0.118 e. The standard InChI is InChI=1S/C14H19NO2/c1-16-10-4-2-9(3-5-10)14(15)12-8-11-6-7-13(12)17-11/h2-5,11-14H,6-8,15H2,1H3. The van der Waals surface area contributed by atoms with Crippen LogP contribution in [0.4, 0.5) is 0 Å². The second-order valence-electron chi connectivity index (χ2n) is 5.07. The minimum Gasteiger partial charge on any atom is -0.497 e. The second kappa shape index (κ2) is 4.31. The fourth-order valence-corrected chi connectivity index (χ4v) is 3.13. The molecular formula is C14H19NO2. The molecule has 0 amide bonds. The van der Waals surface area contributed by atoms with Gasteiger partial charge in [-0.1, -0.05) is 12.1 Å². The first kappa shape index (κ1) is 11.1. The van der Waals surface area contributed by atoms with Gasteiger partial charge in [0.15, 0.2) is 0 Å². The Morgan fingerprint density at radius 2 is 2.06 bits per heavy atom. The summed E-state index contributed by atoms with van der Waals surface area (Å²) >= 11 is 0. The predicted molar refractivity (Wildman–Crippen MR) is 65.9 cm³/mol. The number of ether oxygens (including phenoxy) is 2. The van der Waals surface area contributed by atoms with Gasteiger partial charge in [0.1, 0.15) is 5.75 Å². The number of nitrogens with two attached hydrogens (primary N) is 1. The van der Waals surface area contributed by atoms with Crippen LogP contribution >= 0.6 is 0 Å². The highest BCUT2D eigenvalue weighted by Gasteiger charge is 2.43. The summed E-state index contributed by atoms with van der Waals surface area (Å²) in [6.07, 6.45) is 4.37. The highest BCUT2D eigenvalue weighted by Crippen LogP contribution is 2.43. The molecule has 2 aliphatic heterocycles. The zero-order valence-electron chi connectivity index (χ0n) is 10.1. The Morgan fingerprint density at radius 1 is 1.29 bits per heavy atom. The number of hydrogen-bond donors (Lipinski definition) is 1. The monoisotopic (exact) mass is 233 g/mol. The van der Waals surface area contributed by atoms with Crippen molar-refractivity contribution in [3.05, 3.63) is 29.8 Å². The molecule has 3 rings (SSSR count). The van der Waals surface area contributed by atoms with Gasteiger partial charge < -0.3 is 15.2 Å². The van der Waals surface area contributed by atoms with Crippen molar-refractivity contribution in [3.8, 4) is 5.75 Å². The van der Waals surface area contributed by atoms with Gasteiger partial charge in [0, 0.05) is 12.0 Å². The third-order valence-electron chi connectivity index (χ3n) is 4.11. The molecule has 1 aromatic rings. The van der Waals surface area contributed by atoms with Crippen LogP contribution in [0.1, 0.15) is 30.9 Å². The Morgan fingerprint density at radius 3 is 2.59 bits per heavy atom. The molecule has 2 N–H and O–H groups in total. The number of hydrogen-bond acceptors (Lipinski definition) is 3. The molecule has 0 aliphatic carbocycles. The Labute approximate surface area is 102 Å². The molecular weight excluding hydrogens is 214 g/mol. The van der Waals surface area contributed by atoms with Crippen LogP contribution in [-0.4, -0.2) is 19.3 Å². The van der Waals surface area contributed by atoms with Crippen molar-refractivity contribution in [2.24, 2.45) is 11.7 Å². The van der Waals surface area contributed by atoms with Crippen molar-refractivity contribution in [1.29, 1.82) is 0 Å². The van der Waals surface area contributed by atoms with Gasteiger partial charge in [-0.3, -0.25) is 0 Å². The van der Waals surface area contributed by atoms with E-state index in [2.05, 4.69) is 12.1 Å². The summed E-state index contributed by atoms with van der Waals surface area (Å²) in [5, 5.41) is 0. The van der Waals surface area contributed by atoms with Crippen LogP contribution in [0.15, 0.2) is 24.3 Å². The molecule has 0 spiro atoms. The summed E-state index contributed by atoms with van der Waals surface area (Å²) in [7, 11) is 1.68. The van der Waals surface area contributed by atoms with Crippen LogP contribution in [0.25, 0.3) is 0 Å². The number of rotatable bonds is 3. The van der Waals surface area contributed by atoms with E-state index in [0.29, 0.717) is 18.1 Å². The lowest BCUT2D eigenvalue weighted by atomic mass is 9.81. The van der Waals surface area contributed by atoms with Crippen LogP contribution < -0.4 is 10.5 Å². The van der Waals surface area contributed by atoms with E-state index in [-0.39, 0.29) is 6.04 Å². The maximum absolute atomic E-state index is 6.36. The first-order valence-corrected chi connectivity index (χ1v) is 6.33. The van der Waals surface area contributed by atoms with Crippen molar-refractivity contribution in [2.75, 3.05) is 7.11 Å². The van der Waals surface area contributed by atoms with Gasteiger partial charge in [0.2, 0.25) is 0 Å². The normalized spacial score (nSPS) is 32.7. The van der Waals surface area contributed by atoms with Crippen LogP contribution in [0, 0.1) is 5.92 Å². The van der Waals surface area contributed by atoms with Crippen molar-refractivity contribution < 1.29 is 9.47 Å². The summed E-state index contributed by atoms with van der Waals surface area (Å²) in [6.45, 7) is 0. The van der Waals surface area contributed by atoms with Gasteiger partial charge in [0.25, 0.3) is 0 Å². The molecule has 1 aromatic carbocycles. The third-order valence-corrected chi connectivity index (χ3v) is 4.11. The zero-order chi connectivity index (χ0) is 11.8. The molecule has 17 heavy (non-hydrogen) atoms. The summed E-state index contributed by atoms with van der Waals surface area (Å²) < 4.78 is 11.0. The summed E-state index contributed by atoms with van der Waals surface area (Å²) in [5.74, 6) is 1.37. The number of benzene rings is 1.